The molecule has 0 fully saturated rings. The Hall–Kier alpha value is -1.77. The second-order valence-electron chi connectivity index (χ2n) is 2.82. The van der Waals surface area contributed by atoms with E-state index in [1.165, 1.54) is 12.1 Å². The van der Waals surface area contributed by atoms with Crippen LogP contribution in [0.1, 0.15) is 0 Å². The van der Waals surface area contributed by atoms with Gasteiger partial charge in [-0.1, -0.05) is 0 Å². The lowest BCUT2D eigenvalue weighted by atomic mass is 10.1. The molecule has 0 radical (unpaired) electrons. The maximum atomic E-state index is 13.0. The molecule has 0 bridgehead atoms. The molecule has 0 aliphatic carbocycles. The minimum Gasteiger partial charge on any atom is -0.496 e. The van der Waals surface area contributed by atoms with Crippen LogP contribution in [0.15, 0.2) is 41.0 Å². The normalized spacial score (nSPS) is 10.1. The SMILES string of the molecule is COc1ccc(F)cc1-c1ccco1. The molecular formula is C11H9FO2. The van der Waals surface area contributed by atoms with E-state index < -0.39 is 0 Å². The van der Waals surface area contributed by atoms with Crippen molar-refractivity contribution in [1.82, 2.24) is 0 Å². The van der Waals surface area contributed by atoms with Crippen molar-refractivity contribution in [2.24, 2.45) is 0 Å². The van der Waals surface area contributed by atoms with Crippen LogP contribution in [0.3, 0.4) is 0 Å². The first-order chi connectivity index (χ1) is 6.81. The quantitative estimate of drug-likeness (QED) is 0.729. The number of methoxy groups -OCH3 is 1. The lowest BCUT2D eigenvalue weighted by Gasteiger charge is -2.05. The zero-order valence-electron chi connectivity index (χ0n) is 7.66. The summed E-state index contributed by atoms with van der Waals surface area (Å²) >= 11 is 0. The molecule has 14 heavy (non-hydrogen) atoms. The molecule has 0 unspecified atom stereocenters. The molecule has 0 saturated heterocycles. The fraction of sp³-hybridized carbons (Fsp3) is 0.0909. The van der Waals surface area contributed by atoms with Gasteiger partial charge in [0.25, 0.3) is 0 Å². The Labute approximate surface area is 80.9 Å². The van der Waals surface area contributed by atoms with E-state index in [4.69, 9.17) is 9.15 Å². The first-order valence-electron chi connectivity index (χ1n) is 4.18. The van der Waals surface area contributed by atoms with Crippen LogP contribution in [0.4, 0.5) is 4.39 Å². The van der Waals surface area contributed by atoms with Crippen LogP contribution in [0.2, 0.25) is 0 Å². The predicted octanol–water partition coefficient (Wildman–Crippen LogP) is 3.09. The van der Waals surface area contributed by atoms with E-state index in [1.807, 2.05) is 0 Å². The molecule has 1 heterocycles. The summed E-state index contributed by atoms with van der Waals surface area (Å²) in [6.45, 7) is 0. The molecule has 2 nitrogen and oxygen atoms in total. The van der Waals surface area contributed by atoms with Crippen molar-refractivity contribution >= 4 is 0 Å². The molecular weight excluding hydrogens is 183 g/mol. The number of hydrogen-bond donors (Lipinski definition) is 0. The zero-order chi connectivity index (χ0) is 9.97. The number of halogens is 1. The van der Waals surface area contributed by atoms with Gasteiger partial charge in [0.15, 0.2) is 0 Å². The molecule has 0 spiro atoms. The monoisotopic (exact) mass is 192 g/mol. The van der Waals surface area contributed by atoms with Gasteiger partial charge < -0.3 is 9.15 Å². The molecule has 0 atom stereocenters. The van der Waals surface area contributed by atoms with Gasteiger partial charge in [0.2, 0.25) is 0 Å². The molecule has 0 N–H and O–H groups in total. The van der Waals surface area contributed by atoms with Crippen LogP contribution in [-0.2, 0) is 0 Å². The van der Waals surface area contributed by atoms with E-state index in [0.717, 1.165) is 0 Å². The zero-order valence-corrected chi connectivity index (χ0v) is 7.66. The van der Waals surface area contributed by atoms with Gasteiger partial charge in [-0.25, -0.2) is 4.39 Å². The fourth-order valence-corrected chi connectivity index (χ4v) is 1.30. The Morgan fingerprint density at radius 1 is 1.29 bits per heavy atom. The van der Waals surface area contributed by atoms with Crippen molar-refractivity contribution in [3.63, 3.8) is 0 Å². The molecule has 0 aliphatic heterocycles. The number of benzene rings is 1. The number of furan rings is 1. The molecule has 0 amide bonds. The summed E-state index contributed by atoms with van der Waals surface area (Å²) in [4.78, 5) is 0. The van der Waals surface area contributed by atoms with Crippen LogP contribution in [0.25, 0.3) is 11.3 Å². The van der Waals surface area contributed by atoms with E-state index in [0.29, 0.717) is 17.1 Å². The Morgan fingerprint density at radius 3 is 2.79 bits per heavy atom. The minimum absolute atomic E-state index is 0.308. The standard InChI is InChI=1S/C11H9FO2/c1-13-10-5-4-8(12)7-9(10)11-3-2-6-14-11/h2-7H,1H3. The van der Waals surface area contributed by atoms with Gasteiger partial charge >= 0.3 is 0 Å². The van der Waals surface area contributed by atoms with Gasteiger partial charge in [0, 0.05) is 0 Å². The summed E-state index contributed by atoms with van der Waals surface area (Å²) in [6, 6.07) is 7.83. The lowest BCUT2D eigenvalue weighted by molar-refractivity contribution is 0.413. The number of rotatable bonds is 2. The summed E-state index contributed by atoms with van der Waals surface area (Å²) in [5.41, 5.74) is 0.623. The van der Waals surface area contributed by atoms with E-state index in [2.05, 4.69) is 0 Å². The topological polar surface area (TPSA) is 22.4 Å². The second kappa shape index (κ2) is 3.54. The van der Waals surface area contributed by atoms with Crippen molar-refractivity contribution in [1.29, 1.82) is 0 Å². The third-order valence-electron chi connectivity index (χ3n) is 1.95. The van der Waals surface area contributed by atoms with E-state index in [-0.39, 0.29) is 5.82 Å². The maximum absolute atomic E-state index is 13.0. The van der Waals surface area contributed by atoms with Crippen molar-refractivity contribution in [2.45, 2.75) is 0 Å². The minimum atomic E-state index is -0.308. The Morgan fingerprint density at radius 2 is 2.14 bits per heavy atom. The summed E-state index contributed by atoms with van der Waals surface area (Å²) < 4.78 is 23.2. The van der Waals surface area contributed by atoms with Gasteiger partial charge in [-0.3, -0.25) is 0 Å². The Bertz CT molecular complexity index is 421. The fourth-order valence-electron chi connectivity index (χ4n) is 1.30. The Balaban J connectivity index is 2.55. The van der Waals surface area contributed by atoms with Crippen LogP contribution in [0.5, 0.6) is 5.75 Å². The highest BCUT2D eigenvalue weighted by Crippen LogP contribution is 2.30. The van der Waals surface area contributed by atoms with Crippen molar-refractivity contribution in [2.75, 3.05) is 7.11 Å². The summed E-state index contributed by atoms with van der Waals surface area (Å²) in [6.07, 6.45) is 1.54. The Kier molecular flexibility index (Phi) is 2.23. The third-order valence-corrected chi connectivity index (χ3v) is 1.95. The van der Waals surface area contributed by atoms with Crippen molar-refractivity contribution < 1.29 is 13.5 Å². The third kappa shape index (κ3) is 1.48. The highest BCUT2D eigenvalue weighted by molar-refractivity contribution is 5.65. The molecule has 1 aromatic heterocycles. The first kappa shape index (κ1) is 8.81. The van der Waals surface area contributed by atoms with Crippen LogP contribution in [-0.4, -0.2) is 7.11 Å². The molecule has 0 saturated carbocycles. The van der Waals surface area contributed by atoms with Gasteiger partial charge in [-0.05, 0) is 30.3 Å². The first-order valence-corrected chi connectivity index (χ1v) is 4.18. The van der Waals surface area contributed by atoms with Crippen molar-refractivity contribution in [3.8, 4) is 17.1 Å². The highest BCUT2D eigenvalue weighted by atomic mass is 19.1. The largest absolute Gasteiger partial charge is 0.496 e. The molecule has 0 aliphatic rings. The van der Waals surface area contributed by atoms with Gasteiger partial charge in [-0.15, -0.1) is 0 Å². The predicted molar refractivity (Wildman–Crippen MR) is 50.7 cm³/mol. The summed E-state index contributed by atoms with van der Waals surface area (Å²) in [7, 11) is 1.54. The van der Waals surface area contributed by atoms with Crippen LogP contribution >= 0.6 is 0 Å². The van der Waals surface area contributed by atoms with Crippen LogP contribution in [0, 0.1) is 5.82 Å². The van der Waals surface area contributed by atoms with E-state index in [9.17, 15) is 4.39 Å². The lowest BCUT2D eigenvalue weighted by Crippen LogP contribution is -1.87. The van der Waals surface area contributed by atoms with Crippen LogP contribution < -0.4 is 4.74 Å². The number of ether oxygens (including phenoxy) is 1. The average Bonchev–Trinajstić information content (AvgIpc) is 2.70. The smallest absolute Gasteiger partial charge is 0.137 e. The maximum Gasteiger partial charge on any atom is 0.137 e. The average molecular weight is 192 g/mol. The summed E-state index contributed by atoms with van der Waals surface area (Å²) in [5, 5.41) is 0. The molecule has 1 aromatic carbocycles. The summed E-state index contributed by atoms with van der Waals surface area (Å²) in [5.74, 6) is 0.889. The van der Waals surface area contributed by atoms with E-state index in [1.54, 1.807) is 31.6 Å². The van der Waals surface area contributed by atoms with Gasteiger partial charge in [-0.2, -0.15) is 0 Å². The molecule has 2 rings (SSSR count). The van der Waals surface area contributed by atoms with Gasteiger partial charge in [0.1, 0.15) is 17.3 Å². The molecule has 72 valence electrons. The molecule has 2 aromatic rings. The van der Waals surface area contributed by atoms with Crippen molar-refractivity contribution in [3.05, 3.63) is 42.4 Å². The highest BCUT2D eigenvalue weighted by Gasteiger charge is 2.08. The van der Waals surface area contributed by atoms with E-state index >= 15 is 0 Å². The molecule has 3 heteroatoms. The van der Waals surface area contributed by atoms with Gasteiger partial charge in [0.05, 0.1) is 18.9 Å². The number of hydrogen-bond acceptors (Lipinski definition) is 2. The second-order valence-corrected chi connectivity index (χ2v) is 2.82.